The lowest BCUT2D eigenvalue weighted by molar-refractivity contribution is -0.877. The number of rotatable bonds is 5. The minimum atomic E-state index is -1.33. The third kappa shape index (κ3) is 2.64. The number of fused-ring (bicyclic) bond motifs is 1. The fourth-order valence-electron chi connectivity index (χ4n) is 4.06. The lowest BCUT2D eigenvalue weighted by Gasteiger charge is -2.47. The summed E-state index contributed by atoms with van der Waals surface area (Å²) in [4.78, 5) is 0. The number of quaternary nitrogens is 2. The maximum Gasteiger partial charge on any atom is 0.502 e. The molecule has 2 fully saturated rings. The summed E-state index contributed by atoms with van der Waals surface area (Å²) in [6.07, 6.45) is 1.21. The molecule has 0 bridgehead atoms. The summed E-state index contributed by atoms with van der Waals surface area (Å²) < 4.78 is 14.5. The zero-order valence-corrected chi connectivity index (χ0v) is 13.6. The van der Waals surface area contributed by atoms with Crippen LogP contribution in [0.15, 0.2) is 30.3 Å². The number of hydrogen-bond donors (Lipinski definition) is 0. The van der Waals surface area contributed by atoms with Gasteiger partial charge in [0.1, 0.15) is 0 Å². The van der Waals surface area contributed by atoms with Gasteiger partial charge in [0.05, 0.1) is 54.0 Å². The highest BCUT2D eigenvalue weighted by molar-refractivity contribution is 6.75. The molecular formula is C16H28BN2O2+. The molecule has 4 nitrogen and oxygen atoms in total. The normalized spacial score (nSPS) is 32.3. The van der Waals surface area contributed by atoms with Gasteiger partial charge in [0.2, 0.25) is 0 Å². The van der Waals surface area contributed by atoms with Crippen molar-refractivity contribution >= 4 is 12.1 Å². The van der Waals surface area contributed by atoms with Gasteiger partial charge in [0.25, 0.3) is 0 Å². The molecule has 2 aliphatic heterocycles. The number of nitrogens with zero attached hydrogens (tertiary/aromatic N) is 2. The minimum absolute atomic E-state index is 0.819. The van der Waals surface area contributed by atoms with Crippen LogP contribution in [0, 0.1) is 0 Å². The van der Waals surface area contributed by atoms with Gasteiger partial charge in [-0.15, -0.1) is 0 Å². The van der Waals surface area contributed by atoms with Crippen LogP contribution in [0.4, 0.5) is 0 Å². The van der Waals surface area contributed by atoms with E-state index in [0.29, 0.717) is 0 Å². The molecule has 1 aromatic rings. The van der Waals surface area contributed by atoms with Crippen molar-refractivity contribution in [3.63, 3.8) is 0 Å². The molecule has 0 radical (unpaired) electrons. The average molecular weight is 291 g/mol. The Balaban J connectivity index is 1.82. The zero-order chi connectivity index (χ0) is 15.0. The van der Waals surface area contributed by atoms with Crippen LogP contribution >= 0.6 is 0 Å². The summed E-state index contributed by atoms with van der Waals surface area (Å²) >= 11 is 0. The predicted octanol–water partition coefficient (Wildman–Crippen LogP) is 0.806. The summed E-state index contributed by atoms with van der Waals surface area (Å²) in [5, 5.41) is 0. The van der Waals surface area contributed by atoms with Crippen molar-refractivity contribution in [3.8, 4) is 0 Å². The standard InChI is InChI=1S/C16H28BN2O2/c1-18(2,3)10-7-11-19-12-14-20-17(19,21-15-13-19)16-8-5-4-6-9-16/h4-6,8-9H,7,10-15H2,1-3H3/q+1. The van der Waals surface area contributed by atoms with Crippen molar-refractivity contribution in [2.45, 2.75) is 6.42 Å². The van der Waals surface area contributed by atoms with Gasteiger partial charge >= 0.3 is 6.69 Å². The average Bonchev–Trinajstić information content (AvgIpc) is 2.94. The zero-order valence-electron chi connectivity index (χ0n) is 13.6. The lowest BCUT2D eigenvalue weighted by atomic mass is 9.60. The Labute approximate surface area is 128 Å². The molecule has 5 heteroatoms. The van der Waals surface area contributed by atoms with E-state index in [2.05, 4.69) is 51.5 Å². The van der Waals surface area contributed by atoms with Crippen molar-refractivity contribution in [2.24, 2.45) is 0 Å². The first kappa shape index (κ1) is 15.0. The van der Waals surface area contributed by atoms with Crippen LogP contribution in [0.2, 0.25) is 0 Å². The Morgan fingerprint density at radius 3 is 2.24 bits per heavy atom. The molecule has 2 heterocycles. The highest BCUT2D eigenvalue weighted by atomic mass is 16.6. The van der Waals surface area contributed by atoms with Crippen LogP contribution in [-0.4, -0.2) is 76.1 Å². The van der Waals surface area contributed by atoms with Crippen LogP contribution in [0.3, 0.4) is 0 Å². The minimum Gasteiger partial charge on any atom is -0.505 e. The van der Waals surface area contributed by atoms with Crippen LogP contribution in [0.1, 0.15) is 6.42 Å². The van der Waals surface area contributed by atoms with E-state index in [4.69, 9.17) is 9.31 Å². The topological polar surface area (TPSA) is 18.5 Å². The van der Waals surface area contributed by atoms with Crippen LogP contribution in [0.5, 0.6) is 0 Å². The van der Waals surface area contributed by atoms with E-state index in [9.17, 15) is 0 Å². The van der Waals surface area contributed by atoms with Gasteiger partial charge in [-0.1, -0.05) is 35.8 Å². The van der Waals surface area contributed by atoms with Crippen LogP contribution < -0.4 is 5.46 Å². The van der Waals surface area contributed by atoms with Gasteiger partial charge in [-0.2, -0.15) is 0 Å². The smallest absolute Gasteiger partial charge is 0.502 e. The molecule has 0 saturated carbocycles. The van der Waals surface area contributed by atoms with Gasteiger partial charge in [0, 0.05) is 13.0 Å². The highest BCUT2D eigenvalue weighted by Gasteiger charge is 2.59. The summed E-state index contributed by atoms with van der Waals surface area (Å²) in [5.41, 5.74) is 1.23. The van der Waals surface area contributed by atoms with E-state index >= 15 is 0 Å². The maximum atomic E-state index is 6.24. The van der Waals surface area contributed by atoms with Crippen molar-refractivity contribution in [3.05, 3.63) is 30.3 Å². The molecule has 0 unspecified atom stereocenters. The summed E-state index contributed by atoms with van der Waals surface area (Å²) in [7, 11) is 6.78. The highest BCUT2D eigenvalue weighted by Crippen LogP contribution is 2.34. The van der Waals surface area contributed by atoms with Crippen molar-refractivity contribution in [1.82, 2.24) is 0 Å². The van der Waals surface area contributed by atoms with Crippen molar-refractivity contribution < 1.29 is 18.2 Å². The van der Waals surface area contributed by atoms with E-state index in [1.807, 2.05) is 0 Å². The molecule has 21 heavy (non-hydrogen) atoms. The Morgan fingerprint density at radius 2 is 1.67 bits per heavy atom. The SMILES string of the molecule is C[N+](C)(C)CCC[N+]12CCO[B-]1(c1ccccc1)OCC2. The molecule has 2 aliphatic rings. The first-order valence-electron chi connectivity index (χ1n) is 8.11. The Hall–Kier alpha value is -0.875. The van der Waals surface area contributed by atoms with E-state index in [1.54, 1.807) is 0 Å². The van der Waals surface area contributed by atoms with Gasteiger partial charge in [0.15, 0.2) is 0 Å². The summed E-state index contributed by atoms with van der Waals surface area (Å²) in [6.45, 7) is 4.84. The second kappa shape index (κ2) is 5.40. The first-order valence-corrected chi connectivity index (χ1v) is 8.11. The Bertz CT molecular complexity index is 477. The molecule has 0 aliphatic carbocycles. The second-order valence-electron chi connectivity index (χ2n) is 7.58. The van der Waals surface area contributed by atoms with Gasteiger partial charge in [-0.3, -0.25) is 0 Å². The molecule has 116 valence electrons. The largest absolute Gasteiger partial charge is 0.505 e. The molecule has 0 amide bonds. The Morgan fingerprint density at radius 1 is 1.05 bits per heavy atom. The van der Waals surface area contributed by atoms with Gasteiger partial charge < -0.3 is 18.2 Å². The molecular weight excluding hydrogens is 263 g/mol. The first-order chi connectivity index (χ1) is 9.98. The fraction of sp³-hybridized carbons (Fsp3) is 0.625. The fourth-order valence-corrected chi connectivity index (χ4v) is 4.06. The number of hydrogen-bond acceptors (Lipinski definition) is 2. The third-order valence-corrected chi connectivity index (χ3v) is 5.14. The van der Waals surface area contributed by atoms with E-state index < -0.39 is 6.69 Å². The third-order valence-electron chi connectivity index (χ3n) is 5.14. The van der Waals surface area contributed by atoms with E-state index in [0.717, 1.165) is 41.7 Å². The van der Waals surface area contributed by atoms with Gasteiger partial charge in [-0.05, 0) is 0 Å². The molecule has 3 rings (SSSR count). The Kier molecular flexibility index (Phi) is 3.86. The molecule has 0 N–H and O–H groups in total. The number of benzene rings is 1. The molecule has 0 aromatic heterocycles. The van der Waals surface area contributed by atoms with Crippen molar-refractivity contribution in [2.75, 3.05) is 60.5 Å². The maximum absolute atomic E-state index is 6.24. The molecule has 0 spiro atoms. The van der Waals surface area contributed by atoms with E-state index in [-0.39, 0.29) is 0 Å². The summed E-state index contributed by atoms with van der Waals surface area (Å²) in [5.74, 6) is 0. The van der Waals surface area contributed by atoms with Crippen molar-refractivity contribution in [1.29, 1.82) is 0 Å². The molecule has 0 atom stereocenters. The van der Waals surface area contributed by atoms with E-state index in [1.165, 1.54) is 18.4 Å². The van der Waals surface area contributed by atoms with Gasteiger partial charge in [-0.25, -0.2) is 0 Å². The lowest BCUT2D eigenvalue weighted by Crippen LogP contribution is -2.69. The monoisotopic (exact) mass is 291 g/mol. The quantitative estimate of drug-likeness (QED) is 0.590. The second-order valence-corrected chi connectivity index (χ2v) is 7.58. The molecule has 1 aromatic carbocycles. The van der Waals surface area contributed by atoms with Crippen LogP contribution in [-0.2, 0) is 9.31 Å². The predicted molar refractivity (Wildman–Crippen MR) is 86.1 cm³/mol. The molecule has 2 saturated heterocycles. The van der Waals surface area contributed by atoms with Crippen LogP contribution in [0.25, 0.3) is 0 Å². The summed E-state index contributed by atoms with van der Waals surface area (Å²) in [6, 6.07) is 10.6.